The molecular formula is C21H28N4O3. The number of carbonyl (C=O) groups is 2. The summed E-state index contributed by atoms with van der Waals surface area (Å²) in [6, 6.07) is 5.67. The van der Waals surface area contributed by atoms with Gasteiger partial charge < -0.3 is 19.9 Å². The van der Waals surface area contributed by atoms with Crippen molar-refractivity contribution in [3.63, 3.8) is 0 Å². The minimum atomic E-state index is -0.610. The Labute approximate surface area is 164 Å². The molecule has 4 atom stereocenters. The predicted molar refractivity (Wildman–Crippen MR) is 106 cm³/mol. The van der Waals surface area contributed by atoms with Crippen LogP contribution in [0.4, 0.5) is 4.79 Å². The number of aromatic amines is 1. The second kappa shape index (κ2) is 7.11. The number of ether oxygens (including phenoxy) is 1. The van der Waals surface area contributed by atoms with E-state index >= 15 is 0 Å². The topological polar surface area (TPSA) is 87.3 Å². The van der Waals surface area contributed by atoms with Crippen molar-refractivity contribution in [3.8, 4) is 0 Å². The highest BCUT2D eigenvalue weighted by atomic mass is 16.5. The van der Waals surface area contributed by atoms with Gasteiger partial charge >= 0.3 is 6.09 Å². The Morgan fingerprint density at radius 1 is 1.32 bits per heavy atom. The number of benzene rings is 1. The zero-order chi connectivity index (χ0) is 20.0. The fourth-order valence-corrected chi connectivity index (χ4v) is 4.80. The van der Waals surface area contributed by atoms with E-state index in [2.05, 4.69) is 23.3 Å². The lowest BCUT2D eigenvalue weighted by molar-refractivity contribution is -0.139. The second-order valence-corrected chi connectivity index (χ2v) is 8.42. The van der Waals surface area contributed by atoms with Crippen LogP contribution in [-0.2, 0) is 9.53 Å². The monoisotopic (exact) mass is 384 g/mol. The number of imidazole rings is 1. The summed E-state index contributed by atoms with van der Waals surface area (Å²) in [7, 11) is 1.31. The van der Waals surface area contributed by atoms with E-state index in [9.17, 15) is 9.59 Å². The first-order valence-electron chi connectivity index (χ1n) is 10.0. The summed E-state index contributed by atoms with van der Waals surface area (Å²) in [5.41, 5.74) is 3.09. The van der Waals surface area contributed by atoms with Gasteiger partial charge in [-0.3, -0.25) is 4.79 Å². The molecule has 2 heterocycles. The molecule has 7 nitrogen and oxygen atoms in total. The van der Waals surface area contributed by atoms with Gasteiger partial charge in [0.2, 0.25) is 5.91 Å². The summed E-state index contributed by atoms with van der Waals surface area (Å²) in [4.78, 5) is 35.5. The number of piperidine rings is 1. The third kappa shape index (κ3) is 3.12. The average Bonchev–Trinajstić information content (AvgIpc) is 3.37. The van der Waals surface area contributed by atoms with Crippen molar-refractivity contribution in [3.05, 3.63) is 29.6 Å². The number of nitrogens with zero attached hydrogens (tertiary/aromatic N) is 2. The first kappa shape index (κ1) is 18.8. The Morgan fingerprint density at radius 3 is 2.82 bits per heavy atom. The van der Waals surface area contributed by atoms with E-state index in [1.54, 1.807) is 0 Å². The Kier molecular flexibility index (Phi) is 4.77. The average molecular weight is 384 g/mol. The first-order chi connectivity index (χ1) is 13.4. The minimum absolute atomic E-state index is 0.0373. The molecule has 150 valence electrons. The largest absolute Gasteiger partial charge is 0.453 e. The number of hydrogen-bond donors (Lipinski definition) is 2. The molecule has 1 unspecified atom stereocenters. The lowest BCUT2D eigenvalue weighted by atomic mass is 9.95. The standard InChI is InChI=1S/C21H28N4O3/c1-11(2)17(24-21(27)28-4)20(26)25-14-7-6-13(10-14)18(25)19-22-15-8-5-12(3)9-16(15)23-19/h5,8-9,11,13-14,17-18H,6-7,10H2,1-4H3,(H,22,23)(H,24,27)/t13-,14+,17?,18-/m0/s1. The van der Waals surface area contributed by atoms with Crippen LogP contribution in [0, 0.1) is 18.8 Å². The van der Waals surface area contributed by atoms with Gasteiger partial charge in [-0.25, -0.2) is 9.78 Å². The molecule has 28 heavy (non-hydrogen) atoms. The highest BCUT2D eigenvalue weighted by molar-refractivity contribution is 5.87. The second-order valence-electron chi connectivity index (χ2n) is 8.42. The Balaban J connectivity index is 1.67. The van der Waals surface area contributed by atoms with E-state index in [0.717, 1.165) is 36.1 Å². The highest BCUT2D eigenvalue weighted by Gasteiger charge is 2.51. The molecule has 1 aliphatic carbocycles. The number of methoxy groups -OCH3 is 1. The molecule has 2 fully saturated rings. The van der Waals surface area contributed by atoms with Gasteiger partial charge in [0.1, 0.15) is 11.9 Å². The molecule has 0 spiro atoms. The number of alkyl carbamates (subject to hydrolysis) is 1. The van der Waals surface area contributed by atoms with Gasteiger partial charge in [0.15, 0.2) is 0 Å². The number of nitrogens with one attached hydrogen (secondary N) is 2. The maximum atomic E-state index is 13.5. The molecule has 1 saturated heterocycles. The third-order valence-electron chi connectivity index (χ3n) is 6.17. The van der Waals surface area contributed by atoms with Crippen molar-refractivity contribution in [1.29, 1.82) is 0 Å². The van der Waals surface area contributed by atoms with Crippen molar-refractivity contribution < 1.29 is 14.3 Å². The number of amides is 2. The van der Waals surface area contributed by atoms with E-state index in [1.807, 2.05) is 30.9 Å². The fourth-order valence-electron chi connectivity index (χ4n) is 4.80. The zero-order valence-electron chi connectivity index (χ0n) is 16.9. The van der Waals surface area contributed by atoms with E-state index in [-0.39, 0.29) is 23.9 Å². The molecule has 2 aliphatic rings. The van der Waals surface area contributed by atoms with Crippen LogP contribution in [-0.4, -0.2) is 46.1 Å². The van der Waals surface area contributed by atoms with Crippen molar-refractivity contribution in [1.82, 2.24) is 20.2 Å². The Bertz CT molecular complexity index is 906. The number of fused-ring (bicyclic) bond motifs is 3. The van der Waals surface area contributed by atoms with Crippen LogP contribution in [0.15, 0.2) is 18.2 Å². The van der Waals surface area contributed by atoms with Crippen LogP contribution < -0.4 is 5.32 Å². The SMILES string of the molecule is COC(=O)NC(C(=O)N1[C@@H]2CC[C@@H](C2)[C@H]1c1nc2ccc(C)cc2[nH]1)C(C)C. The van der Waals surface area contributed by atoms with Crippen LogP contribution in [0.25, 0.3) is 11.0 Å². The molecule has 2 N–H and O–H groups in total. The van der Waals surface area contributed by atoms with E-state index < -0.39 is 12.1 Å². The van der Waals surface area contributed by atoms with Crippen molar-refractivity contribution >= 4 is 23.0 Å². The highest BCUT2D eigenvalue weighted by Crippen LogP contribution is 2.50. The lowest BCUT2D eigenvalue weighted by Crippen LogP contribution is -2.54. The summed E-state index contributed by atoms with van der Waals surface area (Å²) in [6.07, 6.45) is 2.53. The van der Waals surface area contributed by atoms with Crippen molar-refractivity contribution in [2.24, 2.45) is 11.8 Å². The number of aromatic nitrogens is 2. The Hall–Kier alpha value is -2.57. The van der Waals surface area contributed by atoms with Crippen molar-refractivity contribution in [2.45, 2.75) is 58.2 Å². The van der Waals surface area contributed by atoms with Crippen LogP contribution in [0.1, 0.15) is 50.5 Å². The summed E-state index contributed by atoms with van der Waals surface area (Å²) < 4.78 is 4.73. The first-order valence-corrected chi connectivity index (χ1v) is 10.0. The molecule has 0 radical (unpaired) electrons. The molecule has 1 saturated carbocycles. The van der Waals surface area contributed by atoms with Gasteiger partial charge in [-0.1, -0.05) is 19.9 Å². The quantitative estimate of drug-likeness (QED) is 0.847. The zero-order valence-corrected chi connectivity index (χ0v) is 16.9. The molecule has 7 heteroatoms. The normalized spacial score (nSPS) is 24.8. The number of H-pyrrole nitrogens is 1. The summed E-state index contributed by atoms with van der Waals surface area (Å²) in [5, 5.41) is 2.73. The van der Waals surface area contributed by atoms with Crippen LogP contribution in [0.5, 0.6) is 0 Å². The summed E-state index contributed by atoms with van der Waals surface area (Å²) >= 11 is 0. The smallest absolute Gasteiger partial charge is 0.407 e. The van der Waals surface area contributed by atoms with Gasteiger partial charge in [-0.2, -0.15) is 0 Å². The van der Waals surface area contributed by atoms with Crippen molar-refractivity contribution in [2.75, 3.05) is 7.11 Å². The number of aryl methyl sites for hydroxylation is 1. The fraction of sp³-hybridized carbons (Fsp3) is 0.571. The van der Waals surface area contributed by atoms with E-state index in [1.165, 1.54) is 12.7 Å². The molecule has 1 aromatic carbocycles. The third-order valence-corrected chi connectivity index (χ3v) is 6.17. The van der Waals surface area contributed by atoms with Gasteiger partial charge in [-0.05, 0) is 55.7 Å². The molecule has 2 bridgehead atoms. The maximum absolute atomic E-state index is 13.5. The number of rotatable bonds is 4. The molecule has 2 aromatic rings. The van der Waals surface area contributed by atoms with Crippen LogP contribution in [0.3, 0.4) is 0 Å². The summed E-state index contributed by atoms with van der Waals surface area (Å²) in [6.45, 7) is 5.93. The summed E-state index contributed by atoms with van der Waals surface area (Å²) in [5.74, 6) is 1.17. The van der Waals surface area contributed by atoms with Gasteiger partial charge in [0.25, 0.3) is 0 Å². The lowest BCUT2D eigenvalue weighted by Gasteiger charge is -2.37. The maximum Gasteiger partial charge on any atom is 0.407 e. The number of likely N-dealkylation sites (tertiary alicyclic amines) is 1. The molecule has 2 amide bonds. The molecule has 1 aromatic heterocycles. The molecule has 4 rings (SSSR count). The van der Waals surface area contributed by atoms with Gasteiger partial charge in [0.05, 0.1) is 24.2 Å². The molecular weight excluding hydrogens is 356 g/mol. The van der Waals surface area contributed by atoms with Gasteiger partial charge in [0, 0.05) is 6.04 Å². The minimum Gasteiger partial charge on any atom is -0.453 e. The predicted octanol–water partition coefficient (Wildman–Crippen LogP) is 3.30. The van der Waals surface area contributed by atoms with Gasteiger partial charge in [-0.15, -0.1) is 0 Å². The Morgan fingerprint density at radius 2 is 2.11 bits per heavy atom. The van der Waals surface area contributed by atoms with Crippen LogP contribution in [0.2, 0.25) is 0 Å². The number of hydrogen-bond acceptors (Lipinski definition) is 4. The van der Waals surface area contributed by atoms with Crippen LogP contribution >= 0.6 is 0 Å². The molecule has 1 aliphatic heterocycles. The van der Waals surface area contributed by atoms with E-state index in [0.29, 0.717) is 5.92 Å². The van der Waals surface area contributed by atoms with E-state index in [4.69, 9.17) is 9.72 Å². The number of carbonyl (C=O) groups excluding carboxylic acids is 2.